The van der Waals surface area contributed by atoms with E-state index in [1.807, 2.05) is 0 Å². The molecule has 0 aromatic carbocycles. The van der Waals surface area contributed by atoms with Crippen molar-refractivity contribution in [3.63, 3.8) is 0 Å². The lowest BCUT2D eigenvalue weighted by molar-refractivity contribution is -0.909. The quantitative estimate of drug-likeness (QED) is 0.526. The van der Waals surface area contributed by atoms with Crippen LogP contribution in [0.4, 0.5) is 0 Å². The van der Waals surface area contributed by atoms with Gasteiger partial charge in [0.25, 0.3) is 0 Å². The minimum absolute atomic E-state index is 0. The summed E-state index contributed by atoms with van der Waals surface area (Å²) in [6, 6.07) is 0. The zero-order valence-electron chi connectivity index (χ0n) is 13.1. The lowest BCUT2D eigenvalue weighted by Crippen LogP contribution is -3.00. The smallest absolute Gasteiger partial charge is 0.183 e. The van der Waals surface area contributed by atoms with Gasteiger partial charge in [0.1, 0.15) is 0 Å². The molecule has 3 atom stereocenters. The van der Waals surface area contributed by atoms with Crippen molar-refractivity contribution < 1.29 is 21.6 Å². The summed E-state index contributed by atoms with van der Waals surface area (Å²) >= 11 is 0. The van der Waals surface area contributed by atoms with Crippen molar-refractivity contribution in [1.29, 1.82) is 0 Å². The molecule has 1 fully saturated rings. The summed E-state index contributed by atoms with van der Waals surface area (Å²) in [6.07, 6.45) is 4.48. The van der Waals surface area contributed by atoms with E-state index in [9.17, 15) is 0 Å². The third kappa shape index (κ3) is 5.46. The minimum atomic E-state index is 0. The van der Waals surface area contributed by atoms with E-state index in [1.165, 1.54) is 19.3 Å². The van der Waals surface area contributed by atoms with Gasteiger partial charge in [-0.25, -0.2) is 0 Å². The van der Waals surface area contributed by atoms with Crippen LogP contribution in [0.25, 0.3) is 0 Å². The van der Waals surface area contributed by atoms with E-state index in [2.05, 4.69) is 41.8 Å². The van der Waals surface area contributed by atoms with Crippen LogP contribution in [0.2, 0.25) is 0 Å². The van der Waals surface area contributed by atoms with E-state index in [0.717, 1.165) is 35.5 Å². The fourth-order valence-corrected chi connectivity index (χ4v) is 2.70. The van der Waals surface area contributed by atoms with Crippen LogP contribution in [-0.2, 0) is 4.74 Å². The molecular weight excluding hydrogens is 246 g/mol. The third-order valence-electron chi connectivity index (χ3n) is 4.46. The van der Waals surface area contributed by atoms with Crippen molar-refractivity contribution in [2.24, 2.45) is 17.8 Å². The van der Waals surface area contributed by atoms with Gasteiger partial charge in [-0.3, -0.25) is 0 Å². The zero-order valence-corrected chi connectivity index (χ0v) is 13.8. The first-order valence-corrected chi connectivity index (χ1v) is 7.29. The topological polar surface area (TPSA) is 9.23 Å². The predicted molar refractivity (Wildman–Crippen MR) is 73.7 cm³/mol. The zero-order chi connectivity index (χ0) is 13.1. The molecule has 0 unspecified atom stereocenters. The second kappa shape index (κ2) is 7.72. The van der Waals surface area contributed by atoms with Crippen LogP contribution in [-0.4, -0.2) is 38.0 Å². The number of hydrogen-bond donors (Lipinski definition) is 0. The van der Waals surface area contributed by atoms with E-state index in [4.69, 9.17) is 4.74 Å². The van der Waals surface area contributed by atoms with Crippen LogP contribution in [0.5, 0.6) is 0 Å². The maximum atomic E-state index is 6.26. The Morgan fingerprint density at radius 1 is 1.22 bits per heavy atom. The molecule has 110 valence electrons. The van der Waals surface area contributed by atoms with Crippen LogP contribution in [0, 0.1) is 17.8 Å². The molecule has 0 bridgehead atoms. The lowest BCUT2D eigenvalue weighted by atomic mass is 9.75. The Bertz CT molecular complexity index is 231. The Labute approximate surface area is 120 Å². The summed E-state index contributed by atoms with van der Waals surface area (Å²) in [5, 5.41) is 0. The summed E-state index contributed by atoms with van der Waals surface area (Å²) in [5.41, 5.74) is 0. The number of quaternary nitrogens is 1. The molecule has 18 heavy (non-hydrogen) atoms. The Morgan fingerprint density at radius 3 is 2.33 bits per heavy atom. The van der Waals surface area contributed by atoms with Gasteiger partial charge in [-0.2, -0.15) is 0 Å². The van der Waals surface area contributed by atoms with Gasteiger partial charge < -0.3 is 21.6 Å². The molecule has 0 aromatic heterocycles. The van der Waals surface area contributed by atoms with Crippen LogP contribution >= 0.6 is 0 Å². The van der Waals surface area contributed by atoms with Gasteiger partial charge in [0.15, 0.2) is 6.73 Å². The lowest BCUT2D eigenvalue weighted by Gasteiger charge is -2.39. The van der Waals surface area contributed by atoms with Crippen molar-refractivity contribution in [3.05, 3.63) is 0 Å². The van der Waals surface area contributed by atoms with Gasteiger partial charge >= 0.3 is 0 Å². The van der Waals surface area contributed by atoms with Crippen molar-refractivity contribution in [3.8, 4) is 0 Å². The average Bonchev–Trinajstić information content (AvgIpc) is 2.26. The van der Waals surface area contributed by atoms with Crippen molar-refractivity contribution in [2.45, 2.75) is 53.1 Å². The standard InChI is InChI=1S/C15H32NO.ClH/c1-7-16(5,6)11-17-15-10-13(4)8-9-14(15)12(2)3;/h12-15H,7-11H2,1-6H3;1H/q+1;/p-1/t13-,14+,15-;/m1./s1. The molecule has 0 aliphatic heterocycles. The fraction of sp³-hybridized carbons (Fsp3) is 1.00. The Morgan fingerprint density at radius 2 is 1.83 bits per heavy atom. The first-order chi connectivity index (χ1) is 7.85. The number of hydrogen-bond acceptors (Lipinski definition) is 1. The van der Waals surface area contributed by atoms with E-state index in [-0.39, 0.29) is 12.4 Å². The van der Waals surface area contributed by atoms with E-state index < -0.39 is 0 Å². The predicted octanol–water partition coefficient (Wildman–Crippen LogP) is 0.522. The largest absolute Gasteiger partial charge is 1.00 e. The highest BCUT2D eigenvalue weighted by atomic mass is 35.5. The summed E-state index contributed by atoms with van der Waals surface area (Å²) in [5.74, 6) is 2.36. The molecule has 1 rings (SSSR count). The van der Waals surface area contributed by atoms with E-state index in [0.29, 0.717) is 6.10 Å². The first-order valence-electron chi connectivity index (χ1n) is 7.29. The molecule has 1 saturated carbocycles. The highest BCUT2D eigenvalue weighted by Crippen LogP contribution is 2.35. The number of ether oxygens (including phenoxy) is 1. The molecule has 0 aromatic rings. The molecule has 0 radical (unpaired) electrons. The second-order valence-corrected chi connectivity index (χ2v) is 6.91. The van der Waals surface area contributed by atoms with Gasteiger partial charge in [0.05, 0.1) is 26.7 Å². The van der Waals surface area contributed by atoms with Crippen LogP contribution in [0.3, 0.4) is 0 Å². The molecular formula is C15H32ClNO. The highest BCUT2D eigenvalue weighted by molar-refractivity contribution is 4.81. The first kappa shape index (κ1) is 18.2. The third-order valence-corrected chi connectivity index (χ3v) is 4.46. The van der Waals surface area contributed by atoms with Crippen LogP contribution in [0.1, 0.15) is 47.0 Å². The highest BCUT2D eigenvalue weighted by Gasteiger charge is 2.32. The number of rotatable bonds is 5. The molecule has 1 aliphatic rings. The maximum absolute atomic E-state index is 6.26. The Kier molecular flexibility index (Phi) is 7.81. The van der Waals surface area contributed by atoms with Gasteiger partial charge in [-0.15, -0.1) is 0 Å². The molecule has 0 amide bonds. The normalized spacial score (nSPS) is 29.2. The molecule has 0 spiro atoms. The minimum Gasteiger partial charge on any atom is -1.00 e. The van der Waals surface area contributed by atoms with Crippen molar-refractivity contribution >= 4 is 0 Å². The van der Waals surface area contributed by atoms with Crippen LogP contribution < -0.4 is 12.4 Å². The molecule has 0 saturated heterocycles. The SMILES string of the molecule is CC[N+](C)(C)CO[C@@H]1C[C@H](C)CC[C@H]1C(C)C.[Cl-]. The van der Waals surface area contributed by atoms with E-state index >= 15 is 0 Å². The molecule has 1 aliphatic carbocycles. The van der Waals surface area contributed by atoms with Gasteiger partial charge in [-0.05, 0) is 37.5 Å². The van der Waals surface area contributed by atoms with E-state index in [1.54, 1.807) is 0 Å². The molecule has 0 N–H and O–H groups in total. The van der Waals surface area contributed by atoms with Crippen molar-refractivity contribution in [1.82, 2.24) is 0 Å². The molecule has 0 heterocycles. The second-order valence-electron chi connectivity index (χ2n) is 6.91. The average molecular weight is 278 g/mol. The number of nitrogens with zero attached hydrogens (tertiary/aromatic N) is 1. The maximum Gasteiger partial charge on any atom is 0.183 e. The summed E-state index contributed by atoms with van der Waals surface area (Å²) < 4.78 is 7.22. The summed E-state index contributed by atoms with van der Waals surface area (Å²) in [6.45, 7) is 11.3. The van der Waals surface area contributed by atoms with Gasteiger partial charge in [0.2, 0.25) is 0 Å². The molecule has 3 heteroatoms. The Balaban J connectivity index is 0.00000289. The molecule has 2 nitrogen and oxygen atoms in total. The van der Waals surface area contributed by atoms with Crippen molar-refractivity contribution in [2.75, 3.05) is 27.4 Å². The number of halogens is 1. The van der Waals surface area contributed by atoms with Gasteiger partial charge in [0, 0.05) is 0 Å². The summed E-state index contributed by atoms with van der Waals surface area (Å²) in [4.78, 5) is 0. The monoisotopic (exact) mass is 277 g/mol. The Hall–Kier alpha value is 0.210. The van der Waals surface area contributed by atoms with Gasteiger partial charge in [-0.1, -0.05) is 27.2 Å². The fourth-order valence-electron chi connectivity index (χ4n) is 2.70. The van der Waals surface area contributed by atoms with Crippen LogP contribution in [0.15, 0.2) is 0 Å². The summed E-state index contributed by atoms with van der Waals surface area (Å²) in [7, 11) is 4.49.